The Kier molecular flexibility index (Phi) is 6.73. The zero-order valence-corrected chi connectivity index (χ0v) is 15.6. The first-order valence-corrected chi connectivity index (χ1v) is 9.05. The van der Waals surface area contributed by atoms with Crippen molar-refractivity contribution in [3.8, 4) is 0 Å². The molecular weight excluding hydrogens is 368 g/mol. The SMILES string of the molecule is O=C(/C=C/c1ccccc1)NCC(=O)OCC(=O)Nc1ccc2ccccc2c1. The number of hydrogen-bond donors (Lipinski definition) is 2. The maximum absolute atomic E-state index is 12.0. The Hall–Kier alpha value is -3.93. The quantitative estimate of drug-likeness (QED) is 0.481. The lowest BCUT2D eigenvalue weighted by molar-refractivity contribution is -0.146. The van der Waals surface area contributed by atoms with Gasteiger partial charge < -0.3 is 15.4 Å². The van der Waals surface area contributed by atoms with E-state index >= 15 is 0 Å². The van der Waals surface area contributed by atoms with Gasteiger partial charge in [0.2, 0.25) is 5.91 Å². The number of anilines is 1. The third-order valence-corrected chi connectivity index (χ3v) is 4.03. The third kappa shape index (κ3) is 6.32. The summed E-state index contributed by atoms with van der Waals surface area (Å²) in [5.41, 5.74) is 1.49. The fourth-order valence-corrected chi connectivity index (χ4v) is 2.62. The fourth-order valence-electron chi connectivity index (χ4n) is 2.62. The summed E-state index contributed by atoms with van der Waals surface area (Å²) < 4.78 is 4.89. The number of fused-ring (bicyclic) bond motifs is 1. The molecule has 0 saturated heterocycles. The van der Waals surface area contributed by atoms with E-state index in [0.717, 1.165) is 16.3 Å². The first-order chi connectivity index (χ1) is 14.1. The number of nitrogens with one attached hydrogen (secondary N) is 2. The lowest BCUT2D eigenvalue weighted by atomic mass is 10.1. The van der Waals surface area contributed by atoms with E-state index in [1.165, 1.54) is 6.08 Å². The molecule has 3 rings (SSSR count). The maximum Gasteiger partial charge on any atom is 0.325 e. The summed E-state index contributed by atoms with van der Waals surface area (Å²) in [4.78, 5) is 35.4. The van der Waals surface area contributed by atoms with Crippen LogP contribution in [0.5, 0.6) is 0 Å². The van der Waals surface area contributed by atoms with Gasteiger partial charge in [0, 0.05) is 11.8 Å². The van der Waals surface area contributed by atoms with Gasteiger partial charge in [0.05, 0.1) is 0 Å². The third-order valence-electron chi connectivity index (χ3n) is 4.03. The number of carbonyl (C=O) groups excluding carboxylic acids is 3. The van der Waals surface area contributed by atoms with Crippen LogP contribution in [0.3, 0.4) is 0 Å². The Bertz CT molecular complexity index is 1040. The summed E-state index contributed by atoms with van der Waals surface area (Å²) in [6.07, 6.45) is 2.97. The van der Waals surface area contributed by atoms with Crippen molar-refractivity contribution < 1.29 is 19.1 Å². The Balaban J connectivity index is 1.39. The largest absolute Gasteiger partial charge is 0.454 e. The zero-order valence-electron chi connectivity index (χ0n) is 15.6. The molecule has 0 spiro atoms. The average Bonchev–Trinajstić information content (AvgIpc) is 2.75. The first-order valence-electron chi connectivity index (χ1n) is 9.05. The van der Waals surface area contributed by atoms with Crippen LogP contribution < -0.4 is 10.6 Å². The van der Waals surface area contributed by atoms with E-state index < -0.39 is 24.4 Å². The fraction of sp³-hybridized carbons (Fsp3) is 0.0870. The van der Waals surface area contributed by atoms with Crippen molar-refractivity contribution in [3.63, 3.8) is 0 Å². The second kappa shape index (κ2) is 9.85. The average molecular weight is 388 g/mol. The smallest absolute Gasteiger partial charge is 0.325 e. The van der Waals surface area contributed by atoms with E-state index in [2.05, 4.69) is 10.6 Å². The van der Waals surface area contributed by atoms with Crippen molar-refractivity contribution in [2.24, 2.45) is 0 Å². The summed E-state index contributed by atoms with van der Waals surface area (Å²) in [6.45, 7) is -0.747. The van der Waals surface area contributed by atoms with E-state index in [9.17, 15) is 14.4 Å². The normalized spacial score (nSPS) is 10.6. The maximum atomic E-state index is 12.0. The number of ether oxygens (including phenoxy) is 1. The molecule has 0 aliphatic heterocycles. The summed E-state index contributed by atoms with van der Waals surface area (Å²) in [5, 5.41) is 7.15. The van der Waals surface area contributed by atoms with Crippen molar-refractivity contribution in [1.82, 2.24) is 5.32 Å². The number of hydrogen-bond acceptors (Lipinski definition) is 4. The van der Waals surface area contributed by atoms with Gasteiger partial charge in [0.25, 0.3) is 5.91 Å². The molecule has 0 aliphatic rings. The van der Waals surface area contributed by atoms with Crippen molar-refractivity contribution in [2.75, 3.05) is 18.5 Å². The Morgan fingerprint density at radius 3 is 2.38 bits per heavy atom. The highest BCUT2D eigenvalue weighted by molar-refractivity contribution is 5.96. The van der Waals surface area contributed by atoms with Crippen LogP contribution in [-0.2, 0) is 19.1 Å². The van der Waals surface area contributed by atoms with Gasteiger partial charge in [-0.25, -0.2) is 0 Å². The molecule has 2 amide bonds. The Morgan fingerprint density at radius 1 is 0.862 bits per heavy atom. The Labute approximate surface area is 168 Å². The van der Waals surface area contributed by atoms with Crippen molar-refractivity contribution in [1.29, 1.82) is 0 Å². The second-order valence-electron chi connectivity index (χ2n) is 6.23. The molecule has 146 valence electrons. The van der Waals surface area contributed by atoms with E-state index in [1.807, 2.05) is 66.7 Å². The monoisotopic (exact) mass is 388 g/mol. The zero-order chi connectivity index (χ0) is 20.5. The van der Waals surface area contributed by atoms with E-state index in [1.54, 1.807) is 12.1 Å². The van der Waals surface area contributed by atoms with E-state index in [0.29, 0.717) is 5.69 Å². The molecule has 0 radical (unpaired) electrons. The predicted octanol–water partition coefficient (Wildman–Crippen LogP) is 3.15. The number of rotatable bonds is 7. The minimum absolute atomic E-state index is 0.318. The molecule has 2 N–H and O–H groups in total. The molecule has 6 nitrogen and oxygen atoms in total. The molecule has 0 heterocycles. The van der Waals surface area contributed by atoms with Crippen molar-refractivity contribution in [2.45, 2.75) is 0 Å². The first kappa shape index (κ1) is 19.8. The van der Waals surface area contributed by atoms with Crippen LogP contribution >= 0.6 is 0 Å². The van der Waals surface area contributed by atoms with Gasteiger partial charge in [-0.2, -0.15) is 0 Å². The summed E-state index contributed by atoms with van der Waals surface area (Å²) in [7, 11) is 0. The predicted molar refractivity (Wildman–Crippen MR) is 112 cm³/mol. The molecule has 0 saturated carbocycles. The lowest BCUT2D eigenvalue weighted by Gasteiger charge is -2.08. The molecule has 0 unspecified atom stereocenters. The summed E-state index contributed by atoms with van der Waals surface area (Å²) in [6, 6.07) is 22.6. The van der Waals surface area contributed by atoms with Gasteiger partial charge in [-0.15, -0.1) is 0 Å². The Morgan fingerprint density at radius 2 is 1.59 bits per heavy atom. The van der Waals surface area contributed by atoms with Gasteiger partial charge in [-0.1, -0.05) is 60.7 Å². The molecule has 29 heavy (non-hydrogen) atoms. The highest BCUT2D eigenvalue weighted by Crippen LogP contribution is 2.18. The molecule has 0 bridgehead atoms. The van der Waals surface area contributed by atoms with Crippen molar-refractivity contribution >= 4 is 40.3 Å². The molecule has 0 aromatic heterocycles. The van der Waals surface area contributed by atoms with Crippen LogP contribution in [0.15, 0.2) is 78.9 Å². The van der Waals surface area contributed by atoms with E-state index in [4.69, 9.17) is 4.74 Å². The van der Waals surface area contributed by atoms with Gasteiger partial charge >= 0.3 is 5.97 Å². The number of esters is 1. The molecule has 0 atom stereocenters. The summed E-state index contributed by atoms with van der Waals surface area (Å²) >= 11 is 0. The standard InChI is InChI=1S/C23H20N2O4/c26-21(13-10-17-6-2-1-3-7-17)24-15-23(28)29-16-22(27)25-20-12-11-18-8-4-5-9-19(18)14-20/h1-14H,15-16H2,(H,24,26)(H,25,27)/b13-10+. The van der Waals surface area contributed by atoms with Gasteiger partial charge in [0.15, 0.2) is 6.61 Å². The van der Waals surface area contributed by atoms with Crippen LogP contribution in [0, 0.1) is 0 Å². The lowest BCUT2D eigenvalue weighted by Crippen LogP contribution is -2.31. The number of carbonyl (C=O) groups is 3. The summed E-state index contributed by atoms with van der Waals surface area (Å²) in [5.74, 6) is -1.57. The minimum atomic E-state index is -0.694. The molecular formula is C23H20N2O4. The van der Waals surface area contributed by atoms with E-state index in [-0.39, 0.29) is 6.54 Å². The van der Waals surface area contributed by atoms with Crippen LogP contribution in [-0.4, -0.2) is 30.9 Å². The van der Waals surface area contributed by atoms with Gasteiger partial charge in [-0.3, -0.25) is 14.4 Å². The molecule has 0 aliphatic carbocycles. The molecule has 3 aromatic carbocycles. The van der Waals surface area contributed by atoms with Crippen LogP contribution in [0.25, 0.3) is 16.8 Å². The van der Waals surface area contributed by atoms with Crippen LogP contribution in [0.1, 0.15) is 5.56 Å². The van der Waals surface area contributed by atoms with Crippen LogP contribution in [0.4, 0.5) is 5.69 Å². The highest BCUT2D eigenvalue weighted by atomic mass is 16.5. The van der Waals surface area contributed by atoms with Gasteiger partial charge in [0.1, 0.15) is 6.54 Å². The van der Waals surface area contributed by atoms with Crippen LogP contribution in [0.2, 0.25) is 0 Å². The molecule has 0 fully saturated rings. The number of benzene rings is 3. The highest BCUT2D eigenvalue weighted by Gasteiger charge is 2.09. The van der Waals surface area contributed by atoms with Gasteiger partial charge in [-0.05, 0) is 34.5 Å². The second-order valence-corrected chi connectivity index (χ2v) is 6.23. The van der Waals surface area contributed by atoms with Crippen molar-refractivity contribution in [3.05, 3.63) is 84.4 Å². The topological polar surface area (TPSA) is 84.5 Å². The minimum Gasteiger partial charge on any atom is -0.454 e. The number of amides is 2. The molecule has 6 heteroatoms. The molecule has 3 aromatic rings.